The van der Waals surface area contributed by atoms with Gasteiger partial charge < -0.3 is 20.2 Å². The van der Waals surface area contributed by atoms with Crippen LogP contribution in [0.25, 0.3) is 0 Å². The molecule has 31 heavy (non-hydrogen) atoms. The van der Waals surface area contributed by atoms with E-state index in [1.54, 1.807) is 6.33 Å². The molecule has 1 aliphatic carbocycles. The standard InChI is InChI=1S/C23H38N6O2/c1-2-3-9-19-23(31)29(16-18-7-5-4-6-8-18)20-21(26-19)24-17-25-22(20)28-12-10-27(11-13-28)14-15-30/h17-19,30H,2-16H2,1H3,(H,24,25,26)/t19-/m0/s1. The van der Waals surface area contributed by atoms with E-state index >= 15 is 0 Å². The number of hydrogen-bond donors (Lipinski definition) is 2. The van der Waals surface area contributed by atoms with E-state index in [1.807, 2.05) is 4.90 Å². The van der Waals surface area contributed by atoms with Crippen LogP contribution in [0.15, 0.2) is 6.33 Å². The molecular weight excluding hydrogens is 392 g/mol. The maximum Gasteiger partial charge on any atom is 0.249 e. The van der Waals surface area contributed by atoms with Crippen molar-refractivity contribution < 1.29 is 9.90 Å². The Hall–Kier alpha value is -1.93. The molecule has 0 aromatic carbocycles. The van der Waals surface area contributed by atoms with E-state index in [1.165, 1.54) is 32.1 Å². The summed E-state index contributed by atoms with van der Waals surface area (Å²) in [5.74, 6) is 2.42. The summed E-state index contributed by atoms with van der Waals surface area (Å²) in [5, 5.41) is 12.7. The Bertz CT molecular complexity index is 731. The van der Waals surface area contributed by atoms with Crippen molar-refractivity contribution in [3.05, 3.63) is 6.33 Å². The first-order valence-electron chi connectivity index (χ1n) is 12.2. The SMILES string of the molecule is CCCC[C@@H]1Nc2ncnc(N3CCN(CCO)CC3)c2N(CC2CCCCC2)C1=O. The van der Waals surface area contributed by atoms with Gasteiger partial charge in [-0.2, -0.15) is 0 Å². The van der Waals surface area contributed by atoms with E-state index in [0.29, 0.717) is 12.5 Å². The van der Waals surface area contributed by atoms with Gasteiger partial charge in [0, 0.05) is 39.3 Å². The Balaban J connectivity index is 1.60. The molecule has 172 valence electrons. The molecule has 1 aromatic rings. The van der Waals surface area contributed by atoms with E-state index in [4.69, 9.17) is 0 Å². The van der Waals surface area contributed by atoms with Gasteiger partial charge in [0.1, 0.15) is 18.1 Å². The van der Waals surface area contributed by atoms with Crippen molar-refractivity contribution in [3.63, 3.8) is 0 Å². The monoisotopic (exact) mass is 430 g/mol. The van der Waals surface area contributed by atoms with Crippen LogP contribution in [-0.4, -0.2) is 77.8 Å². The zero-order valence-corrected chi connectivity index (χ0v) is 18.9. The smallest absolute Gasteiger partial charge is 0.249 e. The normalized spacial score (nSPS) is 23.0. The van der Waals surface area contributed by atoms with Crippen LogP contribution in [0.3, 0.4) is 0 Å². The average molecular weight is 431 g/mol. The van der Waals surface area contributed by atoms with E-state index < -0.39 is 0 Å². The summed E-state index contributed by atoms with van der Waals surface area (Å²) >= 11 is 0. The first-order valence-corrected chi connectivity index (χ1v) is 12.2. The molecule has 2 fully saturated rings. The topological polar surface area (TPSA) is 84.8 Å². The Morgan fingerprint density at radius 2 is 1.90 bits per heavy atom. The molecule has 1 saturated carbocycles. The molecule has 0 radical (unpaired) electrons. The molecule has 4 rings (SSSR count). The fraction of sp³-hybridized carbons (Fsp3) is 0.783. The number of carbonyl (C=O) groups is 1. The summed E-state index contributed by atoms with van der Waals surface area (Å²) in [6.45, 7) is 7.31. The Morgan fingerprint density at radius 1 is 1.13 bits per heavy atom. The lowest BCUT2D eigenvalue weighted by molar-refractivity contribution is -0.119. The van der Waals surface area contributed by atoms with Crippen LogP contribution in [0.5, 0.6) is 0 Å². The highest BCUT2D eigenvalue weighted by molar-refractivity contribution is 6.07. The number of amides is 1. The number of aromatic nitrogens is 2. The third-order valence-corrected chi connectivity index (χ3v) is 7.05. The summed E-state index contributed by atoms with van der Waals surface area (Å²) in [6.07, 6.45) is 10.8. The highest BCUT2D eigenvalue weighted by atomic mass is 16.3. The molecule has 3 aliphatic rings. The second kappa shape index (κ2) is 10.6. The fourth-order valence-electron chi connectivity index (χ4n) is 5.22. The molecule has 0 unspecified atom stereocenters. The lowest BCUT2D eigenvalue weighted by Crippen LogP contribution is -2.51. The van der Waals surface area contributed by atoms with Crippen LogP contribution < -0.4 is 15.1 Å². The van der Waals surface area contributed by atoms with Crippen molar-refractivity contribution in [1.29, 1.82) is 0 Å². The van der Waals surface area contributed by atoms with Crippen molar-refractivity contribution in [2.45, 2.75) is 64.3 Å². The Morgan fingerprint density at radius 3 is 2.61 bits per heavy atom. The van der Waals surface area contributed by atoms with Gasteiger partial charge in [0.15, 0.2) is 11.6 Å². The quantitative estimate of drug-likeness (QED) is 0.655. The van der Waals surface area contributed by atoms with Crippen molar-refractivity contribution in [2.75, 3.05) is 61.0 Å². The number of nitrogens with one attached hydrogen (secondary N) is 1. The zero-order chi connectivity index (χ0) is 21.6. The summed E-state index contributed by atoms with van der Waals surface area (Å²) in [7, 11) is 0. The molecule has 2 aliphatic heterocycles. The molecule has 0 bridgehead atoms. The molecule has 1 amide bonds. The van der Waals surface area contributed by atoms with Crippen molar-refractivity contribution in [2.24, 2.45) is 5.92 Å². The van der Waals surface area contributed by atoms with Gasteiger partial charge in [0.25, 0.3) is 0 Å². The number of carbonyl (C=O) groups excluding carboxylic acids is 1. The molecule has 1 atom stereocenters. The summed E-state index contributed by atoms with van der Waals surface area (Å²) in [4.78, 5) is 29.4. The predicted molar refractivity (Wildman–Crippen MR) is 124 cm³/mol. The molecule has 8 nitrogen and oxygen atoms in total. The van der Waals surface area contributed by atoms with Crippen LogP contribution in [0.1, 0.15) is 58.3 Å². The van der Waals surface area contributed by atoms with Crippen LogP contribution in [0, 0.1) is 5.92 Å². The molecule has 1 aromatic heterocycles. The van der Waals surface area contributed by atoms with E-state index in [-0.39, 0.29) is 18.6 Å². The summed E-state index contributed by atoms with van der Waals surface area (Å²) < 4.78 is 0. The van der Waals surface area contributed by atoms with Gasteiger partial charge in [-0.05, 0) is 25.2 Å². The number of unbranched alkanes of at least 4 members (excludes halogenated alkanes) is 1. The van der Waals surface area contributed by atoms with Gasteiger partial charge in [0.05, 0.1) is 6.61 Å². The molecule has 3 heterocycles. The predicted octanol–water partition coefficient (Wildman–Crippen LogP) is 2.49. The largest absolute Gasteiger partial charge is 0.395 e. The highest BCUT2D eigenvalue weighted by Crippen LogP contribution is 2.40. The van der Waals surface area contributed by atoms with Gasteiger partial charge >= 0.3 is 0 Å². The van der Waals surface area contributed by atoms with Crippen LogP contribution >= 0.6 is 0 Å². The maximum atomic E-state index is 13.6. The molecule has 1 saturated heterocycles. The number of nitrogens with zero attached hydrogens (tertiary/aromatic N) is 5. The summed E-state index contributed by atoms with van der Waals surface area (Å²) in [5.41, 5.74) is 0.876. The minimum absolute atomic E-state index is 0.182. The van der Waals surface area contributed by atoms with Gasteiger partial charge in [0.2, 0.25) is 5.91 Å². The number of aliphatic hydroxyl groups excluding tert-OH is 1. The van der Waals surface area contributed by atoms with Gasteiger partial charge in [-0.15, -0.1) is 0 Å². The van der Waals surface area contributed by atoms with Crippen molar-refractivity contribution in [1.82, 2.24) is 14.9 Å². The third kappa shape index (κ3) is 5.12. The first kappa shape index (κ1) is 22.3. The molecule has 8 heteroatoms. The van der Waals surface area contributed by atoms with Crippen LogP contribution in [0.2, 0.25) is 0 Å². The van der Waals surface area contributed by atoms with Gasteiger partial charge in [-0.3, -0.25) is 9.69 Å². The van der Waals surface area contributed by atoms with E-state index in [2.05, 4.69) is 32.0 Å². The number of β-amino-alcohol motifs (C(OH)–C–C–N with tert-alkyl or cyclic N) is 1. The van der Waals surface area contributed by atoms with Crippen molar-refractivity contribution in [3.8, 4) is 0 Å². The number of aliphatic hydroxyl groups is 1. The first-order chi connectivity index (χ1) is 15.2. The number of piperazine rings is 1. The number of rotatable bonds is 8. The number of fused-ring (bicyclic) bond motifs is 1. The molecular formula is C23H38N6O2. The lowest BCUT2D eigenvalue weighted by Gasteiger charge is -2.41. The Labute approximate surface area is 186 Å². The minimum Gasteiger partial charge on any atom is -0.395 e. The minimum atomic E-state index is -0.194. The van der Waals surface area contributed by atoms with Gasteiger partial charge in [-0.25, -0.2) is 9.97 Å². The zero-order valence-electron chi connectivity index (χ0n) is 18.9. The Kier molecular flexibility index (Phi) is 7.61. The second-order valence-corrected chi connectivity index (χ2v) is 9.24. The van der Waals surface area contributed by atoms with E-state index in [9.17, 15) is 9.90 Å². The number of hydrogen-bond acceptors (Lipinski definition) is 7. The maximum absolute atomic E-state index is 13.6. The molecule has 2 N–H and O–H groups in total. The fourth-order valence-corrected chi connectivity index (χ4v) is 5.22. The van der Waals surface area contributed by atoms with Gasteiger partial charge in [-0.1, -0.05) is 39.0 Å². The van der Waals surface area contributed by atoms with E-state index in [0.717, 1.165) is 69.3 Å². The average Bonchev–Trinajstić information content (AvgIpc) is 2.81. The lowest BCUT2D eigenvalue weighted by atomic mass is 9.88. The number of anilines is 3. The highest BCUT2D eigenvalue weighted by Gasteiger charge is 2.38. The third-order valence-electron chi connectivity index (χ3n) is 7.05. The van der Waals surface area contributed by atoms with Crippen LogP contribution in [-0.2, 0) is 4.79 Å². The second-order valence-electron chi connectivity index (χ2n) is 9.24. The van der Waals surface area contributed by atoms with Crippen molar-refractivity contribution >= 4 is 23.2 Å². The van der Waals surface area contributed by atoms with Crippen LogP contribution in [0.4, 0.5) is 17.3 Å². The summed E-state index contributed by atoms with van der Waals surface area (Å²) in [6, 6.07) is -0.194. The molecule has 0 spiro atoms.